The summed E-state index contributed by atoms with van der Waals surface area (Å²) in [6.45, 7) is 3.76. The molecule has 9 nitrogen and oxygen atoms in total. The molecular weight excluding hydrogens is 418 g/mol. The molecule has 0 radical (unpaired) electrons. The number of aromatic nitrogens is 2. The number of nitrogens with zero attached hydrogens (tertiary/aromatic N) is 4. The first-order valence-corrected chi connectivity index (χ1v) is 11.3. The van der Waals surface area contributed by atoms with E-state index < -0.39 is 0 Å². The number of anilines is 2. The van der Waals surface area contributed by atoms with E-state index >= 15 is 0 Å². The van der Waals surface area contributed by atoms with Gasteiger partial charge in [0.1, 0.15) is 11.3 Å². The van der Waals surface area contributed by atoms with Gasteiger partial charge in [-0.3, -0.25) is 14.4 Å². The number of nitrogens with one attached hydrogen (secondary N) is 1. The molecule has 2 fully saturated rings. The third-order valence-corrected chi connectivity index (χ3v) is 6.30. The fourth-order valence-electron chi connectivity index (χ4n) is 4.12. The molecule has 0 saturated carbocycles. The predicted molar refractivity (Wildman–Crippen MR) is 116 cm³/mol. The van der Waals surface area contributed by atoms with E-state index in [1.165, 1.54) is 11.3 Å². The second kappa shape index (κ2) is 9.42. The Hall–Kier alpha value is -3.01. The van der Waals surface area contributed by atoms with Crippen molar-refractivity contribution in [1.29, 1.82) is 0 Å². The van der Waals surface area contributed by atoms with E-state index in [9.17, 15) is 14.4 Å². The number of likely N-dealkylation sites (tertiary alicyclic amines) is 1. The second-order valence-electron chi connectivity index (χ2n) is 7.64. The zero-order valence-electron chi connectivity index (χ0n) is 17.3. The van der Waals surface area contributed by atoms with E-state index in [1.54, 1.807) is 15.3 Å². The number of carbonyl (C=O) groups excluding carboxylic acids is 3. The van der Waals surface area contributed by atoms with Crippen LogP contribution in [0.15, 0.2) is 29.8 Å². The van der Waals surface area contributed by atoms with E-state index in [4.69, 9.17) is 4.74 Å². The number of piperidine rings is 1. The molecule has 0 bridgehead atoms. The van der Waals surface area contributed by atoms with Crippen LogP contribution in [0.3, 0.4) is 0 Å². The molecule has 1 aromatic carbocycles. The van der Waals surface area contributed by atoms with Gasteiger partial charge in [-0.1, -0.05) is 23.5 Å². The predicted octanol–water partition coefficient (Wildman–Crippen LogP) is 2.17. The lowest BCUT2D eigenvalue weighted by Gasteiger charge is -2.32. The normalized spacial score (nSPS) is 19.5. The number of benzene rings is 1. The SMILES string of the molecule is CCOc1ccccc1N1CC(C(=O)N2CCC(C(=O)Nc3nncs3)CC2)CC1=O. The van der Waals surface area contributed by atoms with Gasteiger partial charge in [0.2, 0.25) is 22.9 Å². The topological polar surface area (TPSA) is 105 Å². The Bertz CT molecular complexity index is 943. The maximum absolute atomic E-state index is 13.1. The average Bonchev–Trinajstić information content (AvgIpc) is 3.43. The molecule has 4 rings (SSSR count). The molecule has 1 aromatic heterocycles. The molecule has 3 amide bonds. The zero-order chi connectivity index (χ0) is 21.8. The number of para-hydroxylation sites is 2. The summed E-state index contributed by atoms with van der Waals surface area (Å²) in [6.07, 6.45) is 1.37. The Morgan fingerprint density at radius 1 is 1.23 bits per heavy atom. The first-order chi connectivity index (χ1) is 15.1. The van der Waals surface area contributed by atoms with Crippen LogP contribution < -0.4 is 15.0 Å². The molecule has 2 saturated heterocycles. The lowest BCUT2D eigenvalue weighted by Crippen LogP contribution is -2.44. The molecule has 2 aliphatic rings. The summed E-state index contributed by atoms with van der Waals surface area (Å²) >= 11 is 1.28. The van der Waals surface area contributed by atoms with Gasteiger partial charge in [-0.25, -0.2) is 0 Å². The number of hydrogen-bond donors (Lipinski definition) is 1. The number of amides is 3. The smallest absolute Gasteiger partial charge is 0.229 e. The van der Waals surface area contributed by atoms with Gasteiger partial charge in [-0.15, -0.1) is 10.2 Å². The quantitative estimate of drug-likeness (QED) is 0.734. The van der Waals surface area contributed by atoms with Crippen LogP contribution in [0.4, 0.5) is 10.8 Å². The van der Waals surface area contributed by atoms with Crippen LogP contribution in [0, 0.1) is 11.8 Å². The van der Waals surface area contributed by atoms with Crippen LogP contribution in [0.1, 0.15) is 26.2 Å². The van der Waals surface area contributed by atoms with E-state index in [-0.39, 0.29) is 36.0 Å². The van der Waals surface area contributed by atoms with Gasteiger partial charge in [0, 0.05) is 32.0 Å². The minimum atomic E-state index is -0.381. The minimum absolute atomic E-state index is 0.0206. The molecule has 1 N–H and O–H groups in total. The Balaban J connectivity index is 1.33. The summed E-state index contributed by atoms with van der Waals surface area (Å²) < 4.78 is 5.65. The largest absolute Gasteiger partial charge is 0.492 e. The molecule has 2 aromatic rings. The summed E-state index contributed by atoms with van der Waals surface area (Å²) in [5, 5.41) is 10.8. The lowest BCUT2D eigenvalue weighted by atomic mass is 9.94. The third-order valence-electron chi connectivity index (χ3n) is 5.70. The van der Waals surface area contributed by atoms with E-state index in [1.807, 2.05) is 31.2 Å². The van der Waals surface area contributed by atoms with Crippen molar-refractivity contribution in [3.8, 4) is 5.75 Å². The van der Waals surface area contributed by atoms with Crippen molar-refractivity contribution in [3.63, 3.8) is 0 Å². The number of carbonyl (C=O) groups is 3. The van der Waals surface area contributed by atoms with Crippen LogP contribution in [-0.4, -0.2) is 59.1 Å². The summed E-state index contributed by atoms with van der Waals surface area (Å²) in [6, 6.07) is 7.40. The Labute approximate surface area is 184 Å². The van der Waals surface area contributed by atoms with Crippen LogP contribution in [0.2, 0.25) is 0 Å². The van der Waals surface area contributed by atoms with Crippen LogP contribution in [-0.2, 0) is 14.4 Å². The lowest BCUT2D eigenvalue weighted by molar-refractivity contribution is -0.138. The van der Waals surface area contributed by atoms with Crippen molar-refractivity contribution in [2.45, 2.75) is 26.2 Å². The maximum atomic E-state index is 13.1. The molecule has 0 aliphatic carbocycles. The van der Waals surface area contributed by atoms with Gasteiger partial charge in [0.05, 0.1) is 18.2 Å². The van der Waals surface area contributed by atoms with E-state index in [0.717, 1.165) is 0 Å². The molecule has 1 unspecified atom stereocenters. The molecule has 0 spiro atoms. The Morgan fingerprint density at radius 3 is 2.71 bits per heavy atom. The van der Waals surface area contributed by atoms with Crippen molar-refractivity contribution in [2.24, 2.45) is 11.8 Å². The molecule has 1 atom stereocenters. The van der Waals surface area contributed by atoms with Crippen molar-refractivity contribution in [2.75, 3.05) is 36.5 Å². The Kier molecular flexibility index (Phi) is 6.45. The fraction of sp³-hybridized carbons (Fsp3) is 0.476. The summed E-state index contributed by atoms with van der Waals surface area (Å²) in [5.74, 6) is -0.0708. The third kappa shape index (κ3) is 4.68. The van der Waals surface area contributed by atoms with Crippen molar-refractivity contribution in [1.82, 2.24) is 15.1 Å². The van der Waals surface area contributed by atoms with Crippen molar-refractivity contribution >= 4 is 39.9 Å². The van der Waals surface area contributed by atoms with Gasteiger partial charge in [-0.05, 0) is 31.9 Å². The van der Waals surface area contributed by atoms with Crippen molar-refractivity contribution in [3.05, 3.63) is 29.8 Å². The highest BCUT2D eigenvalue weighted by molar-refractivity contribution is 7.13. The maximum Gasteiger partial charge on any atom is 0.229 e. The zero-order valence-corrected chi connectivity index (χ0v) is 18.1. The molecule has 164 valence electrons. The molecule has 10 heteroatoms. The minimum Gasteiger partial charge on any atom is -0.492 e. The number of rotatable bonds is 6. The molecule has 31 heavy (non-hydrogen) atoms. The van der Waals surface area contributed by atoms with Crippen LogP contribution in [0.25, 0.3) is 0 Å². The van der Waals surface area contributed by atoms with Crippen molar-refractivity contribution < 1.29 is 19.1 Å². The van der Waals surface area contributed by atoms with Crippen LogP contribution in [0.5, 0.6) is 5.75 Å². The van der Waals surface area contributed by atoms with E-state index in [2.05, 4.69) is 15.5 Å². The summed E-state index contributed by atoms with van der Waals surface area (Å²) in [4.78, 5) is 41.5. The fourth-order valence-corrected chi connectivity index (χ4v) is 4.57. The average molecular weight is 444 g/mol. The summed E-state index contributed by atoms with van der Waals surface area (Å²) in [5.41, 5.74) is 2.27. The summed E-state index contributed by atoms with van der Waals surface area (Å²) in [7, 11) is 0. The van der Waals surface area contributed by atoms with Gasteiger partial charge < -0.3 is 19.9 Å². The van der Waals surface area contributed by atoms with Gasteiger partial charge in [0.15, 0.2) is 0 Å². The molecular formula is C21H25N5O4S. The first kappa shape index (κ1) is 21.2. The Morgan fingerprint density at radius 2 is 2.00 bits per heavy atom. The number of ether oxygens (including phenoxy) is 1. The highest BCUT2D eigenvalue weighted by Crippen LogP contribution is 2.34. The van der Waals surface area contributed by atoms with E-state index in [0.29, 0.717) is 55.7 Å². The monoisotopic (exact) mass is 443 g/mol. The number of hydrogen-bond acceptors (Lipinski definition) is 7. The second-order valence-corrected chi connectivity index (χ2v) is 8.47. The highest BCUT2D eigenvalue weighted by Gasteiger charge is 2.39. The highest BCUT2D eigenvalue weighted by atomic mass is 32.1. The standard InChI is InChI=1S/C21H25N5O4S/c1-2-30-17-6-4-3-5-16(17)26-12-15(11-18(26)27)20(29)25-9-7-14(8-10-25)19(28)23-21-24-22-13-31-21/h3-6,13-15H,2,7-12H2,1H3,(H,23,24,28). The first-order valence-electron chi connectivity index (χ1n) is 10.4. The molecule has 3 heterocycles. The van der Waals surface area contributed by atoms with Gasteiger partial charge in [0.25, 0.3) is 0 Å². The van der Waals surface area contributed by atoms with Gasteiger partial charge in [-0.2, -0.15) is 0 Å². The molecule has 2 aliphatic heterocycles. The van der Waals surface area contributed by atoms with Gasteiger partial charge >= 0.3 is 0 Å². The van der Waals surface area contributed by atoms with Crippen LogP contribution >= 0.6 is 11.3 Å².